The first-order valence-electron chi connectivity index (χ1n) is 9.10. The summed E-state index contributed by atoms with van der Waals surface area (Å²) in [5, 5.41) is 4.54. The monoisotopic (exact) mass is 339 g/mol. The molecule has 2 aliphatic rings. The van der Waals surface area contributed by atoms with Crippen molar-refractivity contribution >= 4 is 5.91 Å². The highest BCUT2D eigenvalue weighted by Crippen LogP contribution is 2.31. The maximum Gasteiger partial charge on any atom is 0.258 e. The minimum atomic E-state index is 0.114. The lowest BCUT2D eigenvalue weighted by Crippen LogP contribution is -2.47. The molecule has 0 N–H and O–H groups in total. The standard InChI is InChI=1S/C19H25N5O/c1-22-11-3-5-16(22)17-6-4-12-24(17)19(25)15-13-23(2)21-18(15)14-7-9-20-10-8-14/h7-10,13,16-17H,3-6,11-12H2,1-2H3/t16-,17+/m1/s1. The van der Waals surface area contributed by atoms with Crippen LogP contribution in [-0.4, -0.2) is 62.7 Å². The quantitative estimate of drug-likeness (QED) is 0.860. The number of rotatable bonds is 3. The Kier molecular flexibility index (Phi) is 4.29. The predicted octanol–water partition coefficient (Wildman–Crippen LogP) is 2.18. The van der Waals surface area contributed by atoms with Crippen LogP contribution in [0.15, 0.2) is 30.7 Å². The molecule has 132 valence electrons. The van der Waals surface area contributed by atoms with Gasteiger partial charge < -0.3 is 9.80 Å². The van der Waals surface area contributed by atoms with E-state index in [0.717, 1.165) is 37.2 Å². The van der Waals surface area contributed by atoms with E-state index in [4.69, 9.17) is 0 Å². The first kappa shape index (κ1) is 16.3. The largest absolute Gasteiger partial charge is 0.334 e. The van der Waals surface area contributed by atoms with Crippen LogP contribution in [0.3, 0.4) is 0 Å². The molecule has 4 rings (SSSR count). The lowest BCUT2D eigenvalue weighted by atomic mass is 10.0. The highest BCUT2D eigenvalue weighted by atomic mass is 16.2. The number of likely N-dealkylation sites (N-methyl/N-ethyl adjacent to an activating group) is 1. The van der Waals surface area contributed by atoms with E-state index in [9.17, 15) is 4.79 Å². The van der Waals surface area contributed by atoms with Crippen molar-refractivity contribution in [2.45, 2.75) is 37.8 Å². The molecule has 2 aromatic heterocycles. The fraction of sp³-hybridized carbons (Fsp3) is 0.526. The molecule has 2 saturated heterocycles. The molecule has 0 unspecified atom stereocenters. The third kappa shape index (κ3) is 2.95. The molecule has 6 nitrogen and oxygen atoms in total. The third-order valence-electron chi connectivity index (χ3n) is 5.59. The summed E-state index contributed by atoms with van der Waals surface area (Å²) in [6, 6.07) is 4.63. The van der Waals surface area contributed by atoms with Crippen molar-refractivity contribution in [1.82, 2.24) is 24.6 Å². The number of carbonyl (C=O) groups is 1. The topological polar surface area (TPSA) is 54.3 Å². The minimum Gasteiger partial charge on any atom is -0.334 e. The summed E-state index contributed by atoms with van der Waals surface area (Å²) in [6.07, 6.45) is 9.95. The molecular weight excluding hydrogens is 314 g/mol. The Bertz CT molecular complexity index is 756. The van der Waals surface area contributed by atoms with Crippen LogP contribution in [0.5, 0.6) is 0 Å². The van der Waals surface area contributed by atoms with Gasteiger partial charge >= 0.3 is 0 Å². The lowest BCUT2D eigenvalue weighted by Gasteiger charge is -2.33. The molecule has 2 aliphatic heterocycles. The predicted molar refractivity (Wildman–Crippen MR) is 96.1 cm³/mol. The number of hydrogen-bond acceptors (Lipinski definition) is 4. The smallest absolute Gasteiger partial charge is 0.258 e. The second-order valence-electron chi connectivity index (χ2n) is 7.20. The number of hydrogen-bond donors (Lipinski definition) is 0. The van der Waals surface area contributed by atoms with Gasteiger partial charge in [0.2, 0.25) is 0 Å². The molecule has 4 heterocycles. The van der Waals surface area contributed by atoms with Crippen LogP contribution in [0.2, 0.25) is 0 Å². The van der Waals surface area contributed by atoms with Crippen LogP contribution < -0.4 is 0 Å². The first-order chi connectivity index (χ1) is 12.1. The van der Waals surface area contributed by atoms with Gasteiger partial charge in [0.25, 0.3) is 5.91 Å². The first-order valence-corrected chi connectivity index (χ1v) is 9.10. The van der Waals surface area contributed by atoms with E-state index in [1.807, 2.05) is 25.4 Å². The van der Waals surface area contributed by atoms with Crippen molar-refractivity contribution < 1.29 is 4.79 Å². The van der Waals surface area contributed by atoms with E-state index in [1.165, 1.54) is 12.8 Å². The molecule has 2 fully saturated rings. The van der Waals surface area contributed by atoms with Crippen LogP contribution >= 0.6 is 0 Å². The Morgan fingerprint density at radius 3 is 2.52 bits per heavy atom. The molecule has 0 radical (unpaired) electrons. The zero-order chi connectivity index (χ0) is 17.4. The Morgan fingerprint density at radius 2 is 1.80 bits per heavy atom. The fourth-order valence-corrected chi connectivity index (χ4v) is 4.39. The van der Waals surface area contributed by atoms with Gasteiger partial charge in [0.1, 0.15) is 5.69 Å². The fourth-order valence-electron chi connectivity index (χ4n) is 4.39. The van der Waals surface area contributed by atoms with Crippen molar-refractivity contribution in [3.8, 4) is 11.3 Å². The Morgan fingerprint density at radius 1 is 1.08 bits per heavy atom. The SMILES string of the molecule is CN1CCC[C@@H]1[C@@H]1CCCN1C(=O)c1cn(C)nc1-c1ccncc1. The molecule has 2 atom stereocenters. The third-order valence-corrected chi connectivity index (χ3v) is 5.59. The number of carbonyl (C=O) groups excluding carboxylic acids is 1. The van der Waals surface area contributed by atoms with Gasteiger partial charge in [-0.2, -0.15) is 5.10 Å². The van der Waals surface area contributed by atoms with Crippen molar-refractivity contribution in [1.29, 1.82) is 0 Å². The lowest BCUT2D eigenvalue weighted by molar-refractivity contribution is 0.0665. The van der Waals surface area contributed by atoms with Crippen LogP contribution in [0, 0.1) is 0 Å². The summed E-state index contributed by atoms with van der Waals surface area (Å²) in [7, 11) is 4.05. The maximum absolute atomic E-state index is 13.4. The van der Waals surface area contributed by atoms with E-state index in [0.29, 0.717) is 17.6 Å². The molecule has 0 spiro atoms. The van der Waals surface area contributed by atoms with Gasteiger partial charge in [-0.25, -0.2) is 0 Å². The Labute approximate surface area is 148 Å². The summed E-state index contributed by atoms with van der Waals surface area (Å²) in [4.78, 5) is 21.9. The van der Waals surface area contributed by atoms with Crippen LogP contribution in [0.25, 0.3) is 11.3 Å². The summed E-state index contributed by atoms with van der Waals surface area (Å²) < 4.78 is 1.73. The van der Waals surface area contributed by atoms with Crippen LogP contribution in [-0.2, 0) is 7.05 Å². The highest BCUT2D eigenvalue weighted by Gasteiger charge is 2.39. The number of pyridine rings is 1. The number of aryl methyl sites for hydroxylation is 1. The minimum absolute atomic E-state index is 0.114. The van der Waals surface area contributed by atoms with E-state index >= 15 is 0 Å². The van der Waals surface area contributed by atoms with Crippen LogP contribution in [0.1, 0.15) is 36.0 Å². The molecule has 0 aliphatic carbocycles. The van der Waals surface area contributed by atoms with Gasteiger partial charge in [-0.3, -0.25) is 14.5 Å². The van der Waals surface area contributed by atoms with Gasteiger partial charge in [-0.15, -0.1) is 0 Å². The zero-order valence-corrected chi connectivity index (χ0v) is 14.9. The maximum atomic E-state index is 13.4. The average Bonchev–Trinajstić information content (AvgIpc) is 3.34. The molecule has 1 amide bonds. The number of amides is 1. The molecular formula is C19H25N5O. The van der Waals surface area contributed by atoms with Crippen molar-refractivity contribution in [3.63, 3.8) is 0 Å². The number of likely N-dealkylation sites (tertiary alicyclic amines) is 2. The molecule has 0 aromatic carbocycles. The van der Waals surface area contributed by atoms with E-state index in [1.54, 1.807) is 17.1 Å². The molecule has 0 bridgehead atoms. The van der Waals surface area contributed by atoms with Gasteiger partial charge in [-0.1, -0.05) is 0 Å². The highest BCUT2D eigenvalue weighted by molar-refractivity contribution is 6.00. The van der Waals surface area contributed by atoms with Crippen molar-refractivity contribution in [3.05, 3.63) is 36.3 Å². The number of nitrogens with zero attached hydrogens (tertiary/aromatic N) is 5. The molecule has 2 aromatic rings. The van der Waals surface area contributed by atoms with E-state index in [2.05, 4.69) is 26.9 Å². The summed E-state index contributed by atoms with van der Waals surface area (Å²) >= 11 is 0. The van der Waals surface area contributed by atoms with Crippen LogP contribution in [0.4, 0.5) is 0 Å². The normalized spacial score (nSPS) is 24.2. The van der Waals surface area contributed by atoms with Gasteiger partial charge in [-0.05, 0) is 51.4 Å². The second-order valence-corrected chi connectivity index (χ2v) is 7.20. The van der Waals surface area contributed by atoms with Gasteiger partial charge in [0, 0.05) is 49.8 Å². The second kappa shape index (κ2) is 6.59. The summed E-state index contributed by atoms with van der Waals surface area (Å²) in [5.41, 5.74) is 2.38. The van der Waals surface area contributed by atoms with Crippen molar-refractivity contribution in [2.24, 2.45) is 7.05 Å². The Hall–Kier alpha value is -2.21. The number of aromatic nitrogens is 3. The van der Waals surface area contributed by atoms with Crippen molar-refractivity contribution in [2.75, 3.05) is 20.1 Å². The van der Waals surface area contributed by atoms with E-state index in [-0.39, 0.29) is 5.91 Å². The van der Waals surface area contributed by atoms with Gasteiger partial charge in [0.15, 0.2) is 0 Å². The summed E-state index contributed by atoms with van der Waals surface area (Å²) in [6.45, 7) is 1.98. The molecule has 25 heavy (non-hydrogen) atoms. The van der Waals surface area contributed by atoms with Gasteiger partial charge in [0.05, 0.1) is 5.56 Å². The molecule has 6 heteroatoms. The summed E-state index contributed by atoms with van der Waals surface area (Å²) in [5.74, 6) is 0.114. The van der Waals surface area contributed by atoms with E-state index < -0.39 is 0 Å². The molecule has 0 saturated carbocycles. The Balaban J connectivity index is 1.65. The average molecular weight is 339 g/mol. The zero-order valence-electron chi connectivity index (χ0n) is 14.9.